The second kappa shape index (κ2) is 5.65. The molecule has 1 saturated carbocycles. The van der Waals surface area contributed by atoms with Crippen LogP contribution in [-0.4, -0.2) is 56.6 Å². The van der Waals surface area contributed by atoms with Gasteiger partial charge in [0.15, 0.2) is 0 Å². The van der Waals surface area contributed by atoms with E-state index in [1.165, 1.54) is 0 Å². The monoisotopic (exact) mass is 289 g/mol. The molecule has 3 rings (SSSR count). The molecule has 2 aromatic heterocycles. The molecule has 1 aliphatic carbocycles. The smallest absolute Gasteiger partial charge is 0.257 e. The molecule has 0 bridgehead atoms. The first kappa shape index (κ1) is 13.7. The maximum Gasteiger partial charge on any atom is 0.257 e. The summed E-state index contributed by atoms with van der Waals surface area (Å²) < 4.78 is 1.60. The van der Waals surface area contributed by atoms with Crippen molar-refractivity contribution in [2.24, 2.45) is 5.92 Å². The van der Waals surface area contributed by atoms with Gasteiger partial charge >= 0.3 is 0 Å². The molecule has 2 heterocycles. The fourth-order valence-corrected chi connectivity index (χ4v) is 2.44. The van der Waals surface area contributed by atoms with Crippen molar-refractivity contribution in [3.05, 3.63) is 18.5 Å². The maximum atomic E-state index is 9.37. The van der Waals surface area contributed by atoms with Crippen LogP contribution in [0.3, 0.4) is 0 Å². The Kier molecular flexibility index (Phi) is 3.70. The molecular formula is C13H19N7O. The van der Waals surface area contributed by atoms with Crippen molar-refractivity contribution in [1.82, 2.24) is 24.7 Å². The average molecular weight is 289 g/mol. The van der Waals surface area contributed by atoms with Gasteiger partial charge in [0.2, 0.25) is 11.9 Å². The summed E-state index contributed by atoms with van der Waals surface area (Å²) in [6, 6.07) is 1.82. The van der Waals surface area contributed by atoms with Crippen LogP contribution in [0.5, 0.6) is 0 Å². The third-order valence-electron chi connectivity index (χ3n) is 3.63. The van der Waals surface area contributed by atoms with Crippen molar-refractivity contribution in [2.75, 3.05) is 30.9 Å². The van der Waals surface area contributed by atoms with Crippen LogP contribution in [0.4, 0.5) is 11.9 Å². The Morgan fingerprint density at radius 1 is 1.38 bits per heavy atom. The van der Waals surface area contributed by atoms with Gasteiger partial charge < -0.3 is 15.3 Å². The van der Waals surface area contributed by atoms with Gasteiger partial charge in [0.05, 0.1) is 6.10 Å². The molecule has 112 valence electrons. The van der Waals surface area contributed by atoms with E-state index in [1.54, 1.807) is 24.1 Å². The van der Waals surface area contributed by atoms with Crippen molar-refractivity contribution in [2.45, 2.75) is 18.9 Å². The number of nitrogens with zero attached hydrogens (tertiary/aromatic N) is 6. The molecule has 2 N–H and O–H groups in total. The normalized spacial score (nSPS) is 20.9. The zero-order chi connectivity index (χ0) is 14.8. The van der Waals surface area contributed by atoms with Crippen LogP contribution < -0.4 is 10.2 Å². The number of hydrogen-bond acceptors (Lipinski definition) is 7. The van der Waals surface area contributed by atoms with Crippen LogP contribution in [0.15, 0.2) is 18.5 Å². The number of aliphatic hydroxyl groups excluding tert-OH is 1. The molecule has 1 aliphatic rings. The number of rotatable bonds is 5. The van der Waals surface area contributed by atoms with Crippen LogP contribution in [0.2, 0.25) is 0 Å². The summed E-state index contributed by atoms with van der Waals surface area (Å²) in [5.41, 5.74) is 0. The molecule has 0 unspecified atom stereocenters. The third-order valence-corrected chi connectivity index (χ3v) is 3.63. The summed E-state index contributed by atoms with van der Waals surface area (Å²) in [7, 11) is 3.72. The van der Waals surface area contributed by atoms with Crippen LogP contribution in [-0.2, 0) is 0 Å². The molecule has 0 saturated heterocycles. The van der Waals surface area contributed by atoms with Crippen LogP contribution in [0.1, 0.15) is 12.8 Å². The minimum absolute atomic E-state index is 0.144. The Hall–Kier alpha value is -2.22. The van der Waals surface area contributed by atoms with E-state index in [0.29, 0.717) is 23.8 Å². The molecule has 8 heteroatoms. The van der Waals surface area contributed by atoms with Gasteiger partial charge in [-0.2, -0.15) is 20.1 Å². The summed E-state index contributed by atoms with van der Waals surface area (Å²) in [6.45, 7) is 0.822. The highest BCUT2D eigenvalue weighted by Crippen LogP contribution is 2.28. The summed E-state index contributed by atoms with van der Waals surface area (Å²) in [5, 5.41) is 16.5. The molecule has 0 aromatic carbocycles. The lowest BCUT2D eigenvalue weighted by Crippen LogP contribution is -2.37. The number of aromatic nitrogens is 5. The van der Waals surface area contributed by atoms with E-state index >= 15 is 0 Å². The first-order valence-corrected chi connectivity index (χ1v) is 6.98. The third kappa shape index (κ3) is 2.94. The van der Waals surface area contributed by atoms with Crippen molar-refractivity contribution in [3.63, 3.8) is 0 Å². The van der Waals surface area contributed by atoms with Crippen LogP contribution >= 0.6 is 0 Å². The second-order valence-electron chi connectivity index (χ2n) is 5.33. The number of anilines is 2. The Labute approximate surface area is 122 Å². The zero-order valence-corrected chi connectivity index (χ0v) is 12.1. The van der Waals surface area contributed by atoms with E-state index in [-0.39, 0.29) is 6.10 Å². The molecule has 0 spiro atoms. The van der Waals surface area contributed by atoms with Crippen molar-refractivity contribution < 1.29 is 5.11 Å². The lowest BCUT2D eigenvalue weighted by molar-refractivity contribution is 0.0463. The highest BCUT2D eigenvalue weighted by atomic mass is 16.3. The van der Waals surface area contributed by atoms with E-state index in [9.17, 15) is 5.11 Å². The summed E-state index contributed by atoms with van der Waals surface area (Å²) in [5.74, 6) is 2.08. The zero-order valence-electron chi connectivity index (χ0n) is 12.1. The van der Waals surface area contributed by atoms with Gasteiger partial charge in [0.25, 0.3) is 5.95 Å². The highest BCUT2D eigenvalue weighted by Gasteiger charge is 2.28. The summed E-state index contributed by atoms with van der Waals surface area (Å²) >= 11 is 0. The van der Waals surface area contributed by atoms with Crippen molar-refractivity contribution in [3.8, 4) is 5.95 Å². The topological polar surface area (TPSA) is 92.0 Å². The molecule has 2 aromatic rings. The SMILES string of the molecule is CNc1nc(N(C)CC2CC(O)C2)nc(-n2cccn2)n1. The van der Waals surface area contributed by atoms with Crippen LogP contribution in [0, 0.1) is 5.92 Å². The minimum atomic E-state index is -0.144. The Morgan fingerprint density at radius 3 is 2.81 bits per heavy atom. The quantitative estimate of drug-likeness (QED) is 0.818. The molecule has 0 atom stereocenters. The number of aliphatic hydroxyl groups is 1. The first-order valence-electron chi connectivity index (χ1n) is 6.98. The second-order valence-corrected chi connectivity index (χ2v) is 5.33. The maximum absolute atomic E-state index is 9.37. The Balaban J connectivity index is 1.82. The van der Waals surface area contributed by atoms with Crippen molar-refractivity contribution >= 4 is 11.9 Å². The van der Waals surface area contributed by atoms with E-state index in [2.05, 4.69) is 25.4 Å². The largest absolute Gasteiger partial charge is 0.393 e. The van der Waals surface area contributed by atoms with E-state index in [0.717, 1.165) is 19.4 Å². The van der Waals surface area contributed by atoms with Gasteiger partial charge in [-0.15, -0.1) is 0 Å². The predicted molar refractivity (Wildman–Crippen MR) is 78.5 cm³/mol. The predicted octanol–water partition coefficient (Wildman–Crippen LogP) is 0.306. The molecule has 8 nitrogen and oxygen atoms in total. The van der Waals surface area contributed by atoms with E-state index < -0.39 is 0 Å². The molecule has 21 heavy (non-hydrogen) atoms. The van der Waals surface area contributed by atoms with Crippen molar-refractivity contribution in [1.29, 1.82) is 0 Å². The first-order chi connectivity index (χ1) is 10.2. The molecule has 0 amide bonds. The molecule has 0 aliphatic heterocycles. The summed E-state index contributed by atoms with van der Waals surface area (Å²) in [4.78, 5) is 15.1. The average Bonchev–Trinajstić information content (AvgIpc) is 2.99. The molecular weight excluding hydrogens is 270 g/mol. The van der Waals surface area contributed by atoms with Gasteiger partial charge in [-0.3, -0.25) is 0 Å². The fourth-order valence-electron chi connectivity index (χ4n) is 2.44. The molecule has 0 radical (unpaired) electrons. The number of hydrogen-bond donors (Lipinski definition) is 2. The van der Waals surface area contributed by atoms with Gasteiger partial charge in [0.1, 0.15) is 0 Å². The Morgan fingerprint density at radius 2 is 2.19 bits per heavy atom. The van der Waals surface area contributed by atoms with Gasteiger partial charge in [-0.1, -0.05) is 0 Å². The standard InChI is InChI=1S/C13H19N7O/c1-14-11-16-12(19(2)8-9-6-10(21)7-9)18-13(17-11)20-5-3-4-15-20/h3-5,9-10,21H,6-8H2,1-2H3,(H,14,16,17,18). The van der Waals surface area contributed by atoms with E-state index in [4.69, 9.17) is 0 Å². The summed E-state index contributed by atoms with van der Waals surface area (Å²) in [6.07, 6.45) is 5.03. The fraction of sp³-hybridized carbons (Fsp3) is 0.538. The lowest BCUT2D eigenvalue weighted by Gasteiger charge is -2.34. The van der Waals surface area contributed by atoms with Gasteiger partial charge in [0, 0.05) is 33.0 Å². The molecule has 1 fully saturated rings. The van der Waals surface area contributed by atoms with E-state index in [1.807, 2.05) is 18.0 Å². The highest BCUT2D eigenvalue weighted by molar-refractivity contribution is 5.39. The van der Waals surface area contributed by atoms with Gasteiger partial charge in [-0.25, -0.2) is 4.68 Å². The Bertz CT molecular complexity index is 595. The lowest BCUT2D eigenvalue weighted by atomic mass is 9.82. The van der Waals surface area contributed by atoms with Crippen LogP contribution in [0.25, 0.3) is 5.95 Å². The van der Waals surface area contributed by atoms with Gasteiger partial charge in [-0.05, 0) is 24.8 Å². The minimum Gasteiger partial charge on any atom is -0.393 e. The number of nitrogens with one attached hydrogen (secondary N) is 1.